The third-order valence-corrected chi connectivity index (χ3v) is 7.68. The number of carbonyl (C=O) groups is 3. The number of hydrogen-bond donors (Lipinski definition) is 3. The molecule has 3 amide bonds. The standard InChI is InChI=1S/C27H40N4O4/c1-6-17-10-15-21-23(22(17)25(33)28-5)27(35)31(19(7-2)16-32)24(21)26(34)29-18-11-13-20(14-12-18)30(8-3)9-4/h10-15,17,19,21-24,32H,6-9,16H2,1-5H3,(H,28,33)(H,29,34)/t17-,19+,21+,22-,23+,24+/m1/s1. The van der Waals surface area contributed by atoms with Gasteiger partial charge in [0.1, 0.15) is 6.04 Å². The predicted molar refractivity (Wildman–Crippen MR) is 138 cm³/mol. The van der Waals surface area contributed by atoms with Crippen LogP contribution in [0.3, 0.4) is 0 Å². The minimum absolute atomic E-state index is 0.0781. The minimum Gasteiger partial charge on any atom is -0.394 e. The number of nitrogens with zero attached hydrogens (tertiary/aromatic N) is 2. The fourth-order valence-corrected chi connectivity index (χ4v) is 5.73. The van der Waals surface area contributed by atoms with Gasteiger partial charge in [-0.25, -0.2) is 0 Å². The normalized spacial score (nSPS) is 26.3. The highest BCUT2D eigenvalue weighted by molar-refractivity contribution is 6.02. The summed E-state index contributed by atoms with van der Waals surface area (Å²) in [5.41, 5.74) is 1.72. The Morgan fingerprint density at radius 1 is 1.06 bits per heavy atom. The van der Waals surface area contributed by atoms with Crippen molar-refractivity contribution in [3.05, 3.63) is 36.4 Å². The number of nitrogens with one attached hydrogen (secondary N) is 2. The molecule has 1 aliphatic heterocycles. The van der Waals surface area contributed by atoms with Crippen LogP contribution in [0.5, 0.6) is 0 Å². The fourth-order valence-electron chi connectivity index (χ4n) is 5.73. The molecule has 1 aliphatic carbocycles. The average molecular weight is 485 g/mol. The van der Waals surface area contributed by atoms with Crippen molar-refractivity contribution in [2.75, 3.05) is 37.0 Å². The highest BCUT2D eigenvalue weighted by Crippen LogP contribution is 2.46. The second-order valence-corrected chi connectivity index (χ2v) is 9.34. The summed E-state index contributed by atoms with van der Waals surface area (Å²) >= 11 is 0. The number of rotatable bonds is 10. The van der Waals surface area contributed by atoms with E-state index in [1.54, 1.807) is 7.05 Å². The maximum absolute atomic E-state index is 13.8. The van der Waals surface area contributed by atoms with Crippen molar-refractivity contribution in [3.8, 4) is 0 Å². The molecule has 0 unspecified atom stereocenters. The van der Waals surface area contributed by atoms with Gasteiger partial charge >= 0.3 is 0 Å². The van der Waals surface area contributed by atoms with Gasteiger partial charge in [-0.2, -0.15) is 0 Å². The molecule has 0 radical (unpaired) electrons. The summed E-state index contributed by atoms with van der Waals surface area (Å²) < 4.78 is 0. The molecule has 3 rings (SSSR count). The van der Waals surface area contributed by atoms with E-state index in [1.165, 1.54) is 4.90 Å². The van der Waals surface area contributed by atoms with Crippen molar-refractivity contribution >= 4 is 29.1 Å². The summed E-state index contributed by atoms with van der Waals surface area (Å²) in [5, 5.41) is 15.8. The zero-order chi connectivity index (χ0) is 25.7. The number of fused-ring (bicyclic) bond motifs is 1. The van der Waals surface area contributed by atoms with Crippen LogP contribution in [0.4, 0.5) is 11.4 Å². The number of aliphatic hydroxyl groups is 1. The summed E-state index contributed by atoms with van der Waals surface area (Å²) in [6, 6.07) is 6.38. The van der Waals surface area contributed by atoms with Crippen LogP contribution in [0.15, 0.2) is 36.4 Å². The Balaban J connectivity index is 1.95. The lowest BCUT2D eigenvalue weighted by Gasteiger charge is -2.34. The number of anilines is 2. The summed E-state index contributed by atoms with van der Waals surface area (Å²) in [6.45, 7) is 9.62. The molecule has 0 bridgehead atoms. The molecular weight excluding hydrogens is 444 g/mol. The highest BCUT2D eigenvalue weighted by Gasteiger charge is 2.58. The van der Waals surface area contributed by atoms with Gasteiger partial charge < -0.3 is 25.5 Å². The molecule has 1 fully saturated rings. The number of allylic oxidation sites excluding steroid dienone is 1. The van der Waals surface area contributed by atoms with Crippen LogP contribution in [0, 0.1) is 23.7 Å². The van der Waals surface area contributed by atoms with E-state index in [2.05, 4.69) is 29.4 Å². The Labute approximate surface area is 208 Å². The van der Waals surface area contributed by atoms with Gasteiger partial charge in [0.2, 0.25) is 17.7 Å². The fraction of sp³-hybridized carbons (Fsp3) is 0.593. The molecule has 3 N–H and O–H groups in total. The molecule has 192 valence electrons. The Kier molecular flexibility index (Phi) is 8.94. The number of likely N-dealkylation sites (tertiary alicyclic amines) is 1. The van der Waals surface area contributed by atoms with E-state index in [0.717, 1.165) is 25.2 Å². The molecule has 2 aliphatic rings. The van der Waals surface area contributed by atoms with E-state index in [1.807, 2.05) is 50.3 Å². The van der Waals surface area contributed by atoms with Gasteiger partial charge in [0.15, 0.2) is 0 Å². The second kappa shape index (κ2) is 11.7. The molecule has 0 aromatic heterocycles. The lowest BCUT2D eigenvalue weighted by Crippen LogP contribution is -2.50. The van der Waals surface area contributed by atoms with Gasteiger partial charge in [-0.1, -0.05) is 26.0 Å². The van der Waals surface area contributed by atoms with Crippen molar-refractivity contribution in [1.82, 2.24) is 10.2 Å². The molecular formula is C27H40N4O4. The van der Waals surface area contributed by atoms with Crippen LogP contribution in [0.2, 0.25) is 0 Å². The Bertz CT molecular complexity index is 924. The third kappa shape index (κ3) is 5.08. The molecule has 8 nitrogen and oxygen atoms in total. The zero-order valence-electron chi connectivity index (χ0n) is 21.5. The monoisotopic (exact) mass is 484 g/mol. The molecule has 35 heavy (non-hydrogen) atoms. The number of carbonyl (C=O) groups excluding carboxylic acids is 3. The SMILES string of the molecule is CC[C@@H](CO)N1C(=O)[C@H]2[C@H](C=C[C@@H](CC)[C@H]2C(=O)NC)[C@H]1C(=O)Nc1ccc(N(CC)CC)cc1. The van der Waals surface area contributed by atoms with E-state index in [9.17, 15) is 19.5 Å². The van der Waals surface area contributed by atoms with Crippen LogP contribution in [0.25, 0.3) is 0 Å². The zero-order valence-corrected chi connectivity index (χ0v) is 21.5. The number of hydrogen-bond acceptors (Lipinski definition) is 5. The Hall–Kier alpha value is -2.87. The minimum atomic E-state index is -0.798. The second-order valence-electron chi connectivity index (χ2n) is 9.34. The van der Waals surface area contributed by atoms with E-state index < -0.39 is 29.8 Å². The van der Waals surface area contributed by atoms with E-state index >= 15 is 0 Å². The molecule has 1 heterocycles. The first kappa shape index (κ1) is 26.7. The van der Waals surface area contributed by atoms with Crippen molar-refractivity contribution in [2.24, 2.45) is 23.7 Å². The van der Waals surface area contributed by atoms with Crippen LogP contribution >= 0.6 is 0 Å². The molecule has 0 saturated carbocycles. The van der Waals surface area contributed by atoms with E-state index in [0.29, 0.717) is 12.1 Å². The maximum Gasteiger partial charge on any atom is 0.247 e. The predicted octanol–water partition coefficient (Wildman–Crippen LogP) is 2.64. The van der Waals surface area contributed by atoms with Crippen LogP contribution in [-0.2, 0) is 14.4 Å². The molecule has 1 aromatic carbocycles. The van der Waals surface area contributed by atoms with Gasteiger partial charge in [-0.15, -0.1) is 0 Å². The lowest BCUT2D eigenvalue weighted by molar-refractivity contribution is -0.142. The first-order chi connectivity index (χ1) is 16.9. The topological polar surface area (TPSA) is 102 Å². The smallest absolute Gasteiger partial charge is 0.247 e. The molecule has 8 heteroatoms. The number of aliphatic hydroxyl groups excluding tert-OH is 1. The largest absolute Gasteiger partial charge is 0.394 e. The van der Waals surface area contributed by atoms with Crippen molar-refractivity contribution in [2.45, 2.75) is 52.6 Å². The van der Waals surface area contributed by atoms with Crippen molar-refractivity contribution in [1.29, 1.82) is 0 Å². The van der Waals surface area contributed by atoms with Crippen LogP contribution in [0.1, 0.15) is 40.5 Å². The first-order valence-electron chi connectivity index (χ1n) is 12.8. The van der Waals surface area contributed by atoms with Crippen LogP contribution in [-0.4, -0.2) is 66.6 Å². The van der Waals surface area contributed by atoms with E-state index in [4.69, 9.17) is 0 Å². The quantitative estimate of drug-likeness (QED) is 0.443. The molecule has 6 atom stereocenters. The lowest BCUT2D eigenvalue weighted by atomic mass is 9.69. The molecule has 1 saturated heterocycles. The summed E-state index contributed by atoms with van der Waals surface area (Å²) in [5.74, 6) is -2.42. The van der Waals surface area contributed by atoms with Gasteiger partial charge in [-0.3, -0.25) is 14.4 Å². The van der Waals surface area contributed by atoms with Gasteiger partial charge in [0.05, 0.1) is 24.5 Å². The van der Waals surface area contributed by atoms with Gasteiger partial charge in [0, 0.05) is 37.4 Å². The summed E-state index contributed by atoms with van der Waals surface area (Å²) in [4.78, 5) is 44.0. The van der Waals surface area contributed by atoms with Crippen LogP contribution < -0.4 is 15.5 Å². The van der Waals surface area contributed by atoms with Gasteiger partial charge in [0.25, 0.3) is 0 Å². The maximum atomic E-state index is 13.8. The number of amides is 3. The summed E-state index contributed by atoms with van der Waals surface area (Å²) in [6.07, 6.45) is 5.15. The van der Waals surface area contributed by atoms with Crippen molar-refractivity contribution in [3.63, 3.8) is 0 Å². The third-order valence-electron chi connectivity index (χ3n) is 7.68. The molecule has 0 spiro atoms. The highest BCUT2D eigenvalue weighted by atomic mass is 16.3. The molecule has 1 aromatic rings. The Morgan fingerprint density at radius 2 is 1.71 bits per heavy atom. The Morgan fingerprint density at radius 3 is 2.23 bits per heavy atom. The van der Waals surface area contributed by atoms with E-state index in [-0.39, 0.29) is 30.2 Å². The summed E-state index contributed by atoms with van der Waals surface area (Å²) in [7, 11) is 1.58. The first-order valence-corrected chi connectivity index (χ1v) is 12.8. The van der Waals surface area contributed by atoms with Crippen molar-refractivity contribution < 1.29 is 19.5 Å². The number of benzene rings is 1. The average Bonchev–Trinajstić information content (AvgIpc) is 3.17. The van der Waals surface area contributed by atoms with Gasteiger partial charge in [-0.05, 0) is 56.9 Å².